The van der Waals surface area contributed by atoms with Crippen molar-refractivity contribution < 1.29 is 14.3 Å². The maximum absolute atomic E-state index is 12.2. The number of benzene rings is 1. The molecule has 0 spiro atoms. The van der Waals surface area contributed by atoms with Gasteiger partial charge in [0.15, 0.2) is 11.5 Å². The van der Waals surface area contributed by atoms with Gasteiger partial charge in [-0.2, -0.15) is 0 Å². The largest absolute Gasteiger partial charge is 0.486 e. The van der Waals surface area contributed by atoms with Crippen molar-refractivity contribution in [2.24, 2.45) is 5.41 Å². The molecule has 0 bridgehead atoms. The molecule has 1 aromatic carbocycles. The van der Waals surface area contributed by atoms with Crippen molar-refractivity contribution in [1.29, 1.82) is 0 Å². The Kier molecular flexibility index (Phi) is 4.96. The summed E-state index contributed by atoms with van der Waals surface area (Å²) in [4.78, 5) is 12.2. The monoisotopic (exact) mass is 312 g/mol. The van der Waals surface area contributed by atoms with Crippen molar-refractivity contribution >= 4 is 18.3 Å². The van der Waals surface area contributed by atoms with Crippen LogP contribution in [0.2, 0.25) is 0 Å². The van der Waals surface area contributed by atoms with Crippen molar-refractivity contribution in [1.82, 2.24) is 10.6 Å². The van der Waals surface area contributed by atoms with E-state index < -0.39 is 0 Å². The lowest BCUT2D eigenvalue weighted by atomic mass is 9.89. The van der Waals surface area contributed by atoms with Crippen molar-refractivity contribution in [2.75, 3.05) is 26.3 Å². The van der Waals surface area contributed by atoms with Gasteiger partial charge in [-0.05, 0) is 37.6 Å². The number of ether oxygens (including phenoxy) is 2. The minimum absolute atomic E-state index is 0. The summed E-state index contributed by atoms with van der Waals surface area (Å²) in [7, 11) is 0. The van der Waals surface area contributed by atoms with E-state index in [1.54, 1.807) is 0 Å². The minimum atomic E-state index is -0.284. The zero-order valence-corrected chi connectivity index (χ0v) is 12.9. The molecule has 0 aliphatic carbocycles. The van der Waals surface area contributed by atoms with Gasteiger partial charge in [-0.1, -0.05) is 6.07 Å². The minimum Gasteiger partial charge on any atom is -0.486 e. The smallest absolute Gasteiger partial charge is 0.227 e. The Hall–Kier alpha value is -1.46. The second kappa shape index (κ2) is 6.54. The molecule has 2 heterocycles. The predicted octanol–water partition coefficient (Wildman–Crippen LogP) is 1.50. The van der Waals surface area contributed by atoms with Crippen LogP contribution in [0, 0.1) is 5.41 Å². The molecule has 0 saturated carbocycles. The number of fused-ring (bicyclic) bond motifs is 1. The Labute approximate surface area is 130 Å². The molecule has 6 heteroatoms. The Morgan fingerprint density at radius 3 is 2.81 bits per heavy atom. The maximum Gasteiger partial charge on any atom is 0.227 e. The summed E-state index contributed by atoms with van der Waals surface area (Å²) in [6, 6.07) is 5.79. The summed E-state index contributed by atoms with van der Waals surface area (Å²) in [6.45, 7) is 5.35. The average molecular weight is 313 g/mol. The fourth-order valence-electron chi connectivity index (χ4n) is 2.60. The van der Waals surface area contributed by atoms with Crippen molar-refractivity contribution in [3.63, 3.8) is 0 Å². The summed E-state index contributed by atoms with van der Waals surface area (Å²) in [6.07, 6.45) is 0.889. The molecule has 1 fully saturated rings. The summed E-state index contributed by atoms with van der Waals surface area (Å²) < 4.78 is 11.0. The van der Waals surface area contributed by atoms with Gasteiger partial charge in [-0.3, -0.25) is 4.79 Å². The molecule has 2 N–H and O–H groups in total. The summed E-state index contributed by atoms with van der Waals surface area (Å²) in [5.41, 5.74) is 0.741. The van der Waals surface area contributed by atoms with E-state index in [0.29, 0.717) is 19.8 Å². The zero-order valence-electron chi connectivity index (χ0n) is 12.1. The van der Waals surface area contributed by atoms with Crippen LogP contribution in [0.3, 0.4) is 0 Å². The van der Waals surface area contributed by atoms with Gasteiger partial charge in [0.2, 0.25) is 5.91 Å². The van der Waals surface area contributed by atoms with Crippen LogP contribution in [0.4, 0.5) is 0 Å². The van der Waals surface area contributed by atoms with Gasteiger partial charge < -0.3 is 20.1 Å². The molecule has 2 aliphatic rings. The average Bonchev–Trinajstić information content (AvgIpc) is 2.92. The summed E-state index contributed by atoms with van der Waals surface area (Å²) in [5.74, 6) is 1.65. The Balaban J connectivity index is 0.00000161. The number of hydrogen-bond donors (Lipinski definition) is 2. The van der Waals surface area contributed by atoms with Gasteiger partial charge >= 0.3 is 0 Å². The van der Waals surface area contributed by atoms with Crippen LogP contribution >= 0.6 is 12.4 Å². The first-order valence-electron chi connectivity index (χ1n) is 7.05. The molecule has 3 rings (SSSR count). The molecule has 1 atom stereocenters. The van der Waals surface area contributed by atoms with Crippen LogP contribution in [-0.2, 0) is 11.3 Å². The van der Waals surface area contributed by atoms with Crippen LogP contribution in [0.1, 0.15) is 18.9 Å². The van der Waals surface area contributed by atoms with Crippen LogP contribution < -0.4 is 20.1 Å². The van der Waals surface area contributed by atoms with Crippen LogP contribution in [0.25, 0.3) is 0 Å². The number of carbonyl (C=O) groups is 1. The summed E-state index contributed by atoms with van der Waals surface area (Å²) >= 11 is 0. The third-order valence-corrected chi connectivity index (χ3v) is 3.98. The number of hydrogen-bond acceptors (Lipinski definition) is 4. The standard InChI is InChI=1S/C15H20N2O3.ClH/c1-15(4-5-16-10-15)14(18)17-9-11-2-3-12-13(8-11)20-7-6-19-12;/h2-3,8,16H,4-7,9-10H2,1H3,(H,17,18);1H. The first kappa shape index (κ1) is 15.9. The Morgan fingerprint density at radius 2 is 2.10 bits per heavy atom. The van der Waals surface area contributed by atoms with E-state index in [0.717, 1.165) is 36.6 Å². The lowest BCUT2D eigenvalue weighted by Crippen LogP contribution is -2.40. The molecule has 1 unspecified atom stereocenters. The highest BCUT2D eigenvalue weighted by molar-refractivity contribution is 5.85. The topological polar surface area (TPSA) is 59.6 Å². The third kappa shape index (κ3) is 3.41. The third-order valence-electron chi connectivity index (χ3n) is 3.98. The highest BCUT2D eigenvalue weighted by Gasteiger charge is 2.35. The lowest BCUT2D eigenvalue weighted by Gasteiger charge is -2.22. The molecular weight excluding hydrogens is 292 g/mol. The van der Waals surface area contributed by atoms with Gasteiger partial charge in [0, 0.05) is 13.1 Å². The van der Waals surface area contributed by atoms with Crippen molar-refractivity contribution in [2.45, 2.75) is 19.9 Å². The van der Waals surface area contributed by atoms with Gasteiger partial charge in [0.05, 0.1) is 5.41 Å². The van der Waals surface area contributed by atoms with E-state index in [2.05, 4.69) is 10.6 Å². The molecule has 1 amide bonds. The number of rotatable bonds is 3. The second-order valence-electron chi connectivity index (χ2n) is 5.65. The first-order chi connectivity index (χ1) is 9.67. The zero-order chi connectivity index (χ0) is 14.0. The van der Waals surface area contributed by atoms with Gasteiger partial charge in [0.25, 0.3) is 0 Å². The van der Waals surface area contributed by atoms with Gasteiger partial charge in [-0.15, -0.1) is 12.4 Å². The Morgan fingerprint density at radius 1 is 1.33 bits per heavy atom. The first-order valence-corrected chi connectivity index (χ1v) is 7.05. The molecule has 2 aliphatic heterocycles. The van der Waals surface area contributed by atoms with E-state index in [1.165, 1.54) is 0 Å². The molecule has 116 valence electrons. The van der Waals surface area contributed by atoms with Crippen LogP contribution in [0.5, 0.6) is 11.5 Å². The van der Waals surface area contributed by atoms with E-state index in [1.807, 2.05) is 25.1 Å². The Bertz CT molecular complexity index is 516. The predicted molar refractivity (Wildman–Crippen MR) is 82.1 cm³/mol. The molecule has 1 aromatic rings. The highest BCUT2D eigenvalue weighted by Crippen LogP contribution is 2.31. The molecular formula is C15H21ClN2O3. The molecule has 5 nitrogen and oxygen atoms in total. The summed E-state index contributed by atoms with van der Waals surface area (Å²) in [5, 5.41) is 6.25. The lowest BCUT2D eigenvalue weighted by molar-refractivity contribution is -0.129. The normalized spacial score (nSPS) is 23.3. The van der Waals surface area contributed by atoms with Crippen LogP contribution in [0.15, 0.2) is 18.2 Å². The number of nitrogens with one attached hydrogen (secondary N) is 2. The molecule has 21 heavy (non-hydrogen) atoms. The van der Waals surface area contributed by atoms with Crippen LogP contribution in [-0.4, -0.2) is 32.2 Å². The SMILES string of the molecule is CC1(C(=O)NCc2ccc3c(c2)OCCO3)CCNC1.Cl. The maximum atomic E-state index is 12.2. The number of amides is 1. The van der Waals surface area contributed by atoms with Crippen molar-refractivity contribution in [3.8, 4) is 11.5 Å². The van der Waals surface area contributed by atoms with E-state index in [9.17, 15) is 4.79 Å². The van der Waals surface area contributed by atoms with Gasteiger partial charge in [-0.25, -0.2) is 0 Å². The number of carbonyl (C=O) groups excluding carboxylic acids is 1. The van der Waals surface area contributed by atoms with Crippen molar-refractivity contribution in [3.05, 3.63) is 23.8 Å². The molecule has 0 radical (unpaired) electrons. The van der Waals surface area contributed by atoms with E-state index >= 15 is 0 Å². The second-order valence-corrected chi connectivity index (χ2v) is 5.65. The van der Waals surface area contributed by atoms with E-state index in [4.69, 9.17) is 9.47 Å². The molecule has 1 saturated heterocycles. The fourth-order valence-corrected chi connectivity index (χ4v) is 2.60. The number of halogens is 1. The quantitative estimate of drug-likeness (QED) is 0.888. The van der Waals surface area contributed by atoms with E-state index in [-0.39, 0.29) is 23.7 Å². The highest BCUT2D eigenvalue weighted by atomic mass is 35.5. The fraction of sp³-hybridized carbons (Fsp3) is 0.533. The molecule has 0 aromatic heterocycles. The van der Waals surface area contributed by atoms with Gasteiger partial charge in [0.1, 0.15) is 13.2 Å².